The van der Waals surface area contributed by atoms with Crippen molar-refractivity contribution < 1.29 is 19.1 Å². The minimum atomic E-state index is -0.257. The van der Waals surface area contributed by atoms with Crippen LogP contribution in [-0.2, 0) is 16.0 Å². The van der Waals surface area contributed by atoms with E-state index in [0.717, 1.165) is 24.3 Å². The standard InChI is InChI=1S/C21H20Cl2N2O4/c22-17-4-2-15(12-18(17)23)24-6-8-25(9-7-24)20(26)5-10-28-16-3-1-14-11-21(27)29-19(14)13-16/h1-4,12-13H,5-11H2. The number of hydrogen-bond acceptors (Lipinski definition) is 5. The van der Waals surface area contributed by atoms with Crippen LogP contribution in [0.2, 0.25) is 10.0 Å². The Hall–Kier alpha value is -2.44. The normalized spacial score (nSPS) is 15.9. The molecule has 29 heavy (non-hydrogen) atoms. The molecule has 0 bridgehead atoms. The fourth-order valence-electron chi connectivity index (χ4n) is 3.49. The van der Waals surface area contributed by atoms with Crippen molar-refractivity contribution >= 4 is 40.8 Å². The largest absolute Gasteiger partial charge is 0.493 e. The second-order valence-electron chi connectivity index (χ2n) is 6.99. The number of amides is 1. The average Bonchev–Trinajstić information content (AvgIpc) is 3.09. The summed E-state index contributed by atoms with van der Waals surface area (Å²) in [5, 5.41) is 1.06. The Morgan fingerprint density at radius 3 is 2.59 bits per heavy atom. The van der Waals surface area contributed by atoms with Crippen molar-refractivity contribution in [3.8, 4) is 11.5 Å². The number of carbonyl (C=O) groups is 2. The van der Waals surface area contributed by atoms with Crippen molar-refractivity contribution in [2.75, 3.05) is 37.7 Å². The summed E-state index contributed by atoms with van der Waals surface area (Å²) >= 11 is 12.1. The van der Waals surface area contributed by atoms with Crippen LogP contribution in [0.3, 0.4) is 0 Å². The van der Waals surface area contributed by atoms with Gasteiger partial charge in [-0.3, -0.25) is 9.59 Å². The summed E-state index contributed by atoms with van der Waals surface area (Å²) in [6.45, 7) is 3.04. The van der Waals surface area contributed by atoms with Gasteiger partial charge in [0.2, 0.25) is 5.91 Å². The highest BCUT2D eigenvalue weighted by molar-refractivity contribution is 6.42. The lowest BCUT2D eigenvalue weighted by molar-refractivity contribution is -0.132. The molecule has 0 aliphatic carbocycles. The van der Waals surface area contributed by atoms with Crippen molar-refractivity contribution in [1.29, 1.82) is 0 Å². The predicted molar refractivity (Wildman–Crippen MR) is 111 cm³/mol. The number of rotatable bonds is 5. The predicted octanol–water partition coefficient (Wildman–Crippen LogP) is 3.57. The van der Waals surface area contributed by atoms with Gasteiger partial charge in [0.1, 0.15) is 11.5 Å². The number of halogens is 2. The van der Waals surface area contributed by atoms with E-state index in [0.29, 0.717) is 47.5 Å². The Morgan fingerprint density at radius 2 is 1.83 bits per heavy atom. The van der Waals surface area contributed by atoms with E-state index < -0.39 is 0 Å². The number of piperazine rings is 1. The van der Waals surface area contributed by atoms with Crippen LogP contribution in [0.5, 0.6) is 11.5 Å². The summed E-state index contributed by atoms with van der Waals surface area (Å²) in [5.41, 5.74) is 1.87. The molecule has 1 fully saturated rings. The monoisotopic (exact) mass is 434 g/mol. The first kappa shape index (κ1) is 19.9. The number of fused-ring (bicyclic) bond motifs is 1. The van der Waals surface area contributed by atoms with Gasteiger partial charge in [-0.2, -0.15) is 0 Å². The molecule has 1 saturated heterocycles. The molecule has 8 heteroatoms. The Labute approximate surface area is 178 Å². The molecule has 2 aromatic carbocycles. The third-order valence-corrected chi connectivity index (χ3v) is 5.82. The number of nitrogens with zero attached hydrogens (tertiary/aromatic N) is 2. The molecule has 2 heterocycles. The second kappa shape index (κ2) is 8.51. The number of benzene rings is 2. The lowest BCUT2D eigenvalue weighted by Crippen LogP contribution is -2.49. The van der Waals surface area contributed by atoms with Crippen LogP contribution in [-0.4, -0.2) is 49.6 Å². The highest BCUT2D eigenvalue weighted by atomic mass is 35.5. The zero-order valence-electron chi connectivity index (χ0n) is 15.7. The van der Waals surface area contributed by atoms with Gasteiger partial charge in [0.15, 0.2) is 0 Å². The smallest absolute Gasteiger partial charge is 0.315 e. The van der Waals surface area contributed by atoms with Crippen LogP contribution in [0, 0.1) is 0 Å². The molecule has 0 aromatic heterocycles. The van der Waals surface area contributed by atoms with Gasteiger partial charge in [0.25, 0.3) is 0 Å². The Bertz CT molecular complexity index is 942. The SMILES string of the molecule is O=C1Cc2ccc(OCCC(=O)N3CCN(c4ccc(Cl)c(Cl)c4)CC3)cc2O1. The van der Waals surface area contributed by atoms with Gasteiger partial charge in [-0.1, -0.05) is 29.3 Å². The molecule has 0 saturated carbocycles. The highest BCUT2D eigenvalue weighted by Gasteiger charge is 2.22. The van der Waals surface area contributed by atoms with E-state index in [-0.39, 0.29) is 18.5 Å². The van der Waals surface area contributed by atoms with Crippen molar-refractivity contribution in [1.82, 2.24) is 4.90 Å². The van der Waals surface area contributed by atoms with E-state index >= 15 is 0 Å². The van der Waals surface area contributed by atoms with Gasteiger partial charge < -0.3 is 19.3 Å². The maximum absolute atomic E-state index is 12.5. The molecule has 2 aliphatic rings. The summed E-state index contributed by atoms with van der Waals surface area (Å²) in [6, 6.07) is 10.9. The maximum Gasteiger partial charge on any atom is 0.315 e. The number of ether oxygens (including phenoxy) is 2. The van der Waals surface area contributed by atoms with Crippen LogP contribution in [0.4, 0.5) is 5.69 Å². The van der Waals surface area contributed by atoms with Gasteiger partial charge in [-0.05, 0) is 24.3 Å². The Kier molecular flexibility index (Phi) is 5.83. The summed E-state index contributed by atoms with van der Waals surface area (Å²) in [7, 11) is 0. The van der Waals surface area contributed by atoms with Gasteiger partial charge >= 0.3 is 5.97 Å². The van der Waals surface area contributed by atoms with Crippen LogP contribution in [0.25, 0.3) is 0 Å². The van der Waals surface area contributed by atoms with Crippen molar-refractivity contribution in [2.24, 2.45) is 0 Å². The van der Waals surface area contributed by atoms with E-state index in [1.807, 2.05) is 23.1 Å². The molecule has 2 aromatic rings. The Balaban J connectivity index is 1.23. The summed E-state index contributed by atoms with van der Waals surface area (Å²) in [6.07, 6.45) is 0.589. The first-order chi connectivity index (χ1) is 14.0. The van der Waals surface area contributed by atoms with E-state index in [9.17, 15) is 9.59 Å². The first-order valence-electron chi connectivity index (χ1n) is 9.44. The fourth-order valence-corrected chi connectivity index (χ4v) is 3.78. The number of anilines is 1. The molecular weight excluding hydrogens is 415 g/mol. The second-order valence-corrected chi connectivity index (χ2v) is 7.80. The molecule has 0 N–H and O–H groups in total. The molecule has 0 unspecified atom stereocenters. The van der Waals surface area contributed by atoms with Crippen LogP contribution < -0.4 is 14.4 Å². The molecular formula is C21H20Cl2N2O4. The molecule has 4 rings (SSSR count). The average molecular weight is 435 g/mol. The minimum Gasteiger partial charge on any atom is -0.493 e. The number of esters is 1. The van der Waals surface area contributed by atoms with Crippen molar-refractivity contribution in [3.63, 3.8) is 0 Å². The number of carbonyl (C=O) groups excluding carboxylic acids is 2. The quantitative estimate of drug-likeness (QED) is 0.531. The fraction of sp³-hybridized carbons (Fsp3) is 0.333. The minimum absolute atomic E-state index is 0.0615. The first-order valence-corrected chi connectivity index (χ1v) is 10.2. The molecule has 0 atom stereocenters. The van der Waals surface area contributed by atoms with Crippen molar-refractivity contribution in [3.05, 3.63) is 52.0 Å². The maximum atomic E-state index is 12.5. The molecule has 0 spiro atoms. The van der Waals surface area contributed by atoms with Crippen molar-refractivity contribution in [2.45, 2.75) is 12.8 Å². The van der Waals surface area contributed by atoms with Gasteiger partial charge in [0, 0.05) is 43.5 Å². The van der Waals surface area contributed by atoms with Gasteiger partial charge in [-0.15, -0.1) is 0 Å². The van der Waals surface area contributed by atoms with E-state index in [2.05, 4.69) is 4.90 Å². The molecule has 2 aliphatic heterocycles. The third-order valence-electron chi connectivity index (χ3n) is 5.08. The third kappa shape index (κ3) is 4.60. The number of hydrogen-bond donors (Lipinski definition) is 0. The zero-order chi connectivity index (χ0) is 20.4. The van der Waals surface area contributed by atoms with Crippen LogP contribution >= 0.6 is 23.2 Å². The molecule has 6 nitrogen and oxygen atoms in total. The summed E-state index contributed by atoms with van der Waals surface area (Å²) in [4.78, 5) is 27.8. The van der Waals surface area contributed by atoms with E-state index in [1.54, 1.807) is 18.2 Å². The zero-order valence-corrected chi connectivity index (χ0v) is 17.2. The Morgan fingerprint density at radius 1 is 1.03 bits per heavy atom. The van der Waals surface area contributed by atoms with Gasteiger partial charge in [0.05, 0.1) is 29.5 Å². The van der Waals surface area contributed by atoms with E-state index in [1.165, 1.54) is 0 Å². The van der Waals surface area contributed by atoms with Crippen LogP contribution in [0.15, 0.2) is 36.4 Å². The lowest BCUT2D eigenvalue weighted by Gasteiger charge is -2.36. The topological polar surface area (TPSA) is 59.1 Å². The van der Waals surface area contributed by atoms with E-state index in [4.69, 9.17) is 32.7 Å². The molecule has 0 radical (unpaired) electrons. The molecule has 152 valence electrons. The summed E-state index contributed by atoms with van der Waals surface area (Å²) in [5.74, 6) is 0.937. The summed E-state index contributed by atoms with van der Waals surface area (Å²) < 4.78 is 10.8. The van der Waals surface area contributed by atoms with Gasteiger partial charge in [-0.25, -0.2) is 0 Å². The highest BCUT2D eigenvalue weighted by Crippen LogP contribution is 2.30. The van der Waals surface area contributed by atoms with Crippen LogP contribution in [0.1, 0.15) is 12.0 Å². The molecule has 1 amide bonds. The lowest BCUT2D eigenvalue weighted by atomic mass is 10.1.